The number of methoxy groups -OCH3 is 2. The Kier molecular flexibility index (Phi) is 4.79. The van der Waals surface area contributed by atoms with Gasteiger partial charge in [-0.15, -0.1) is 11.8 Å². The van der Waals surface area contributed by atoms with E-state index in [1.807, 2.05) is 37.3 Å². The molecule has 0 spiro atoms. The molecule has 2 aromatic carbocycles. The Morgan fingerprint density at radius 2 is 1.85 bits per heavy atom. The average Bonchev–Trinajstić information content (AvgIpc) is 2.48. The summed E-state index contributed by atoms with van der Waals surface area (Å²) in [5.74, 6) is 2.55. The Morgan fingerprint density at radius 3 is 2.50 bits per heavy atom. The average molecular weight is 289 g/mol. The number of hydrogen-bond acceptors (Lipinski definition) is 4. The van der Waals surface area contributed by atoms with Gasteiger partial charge in [0.25, 0.3) is 0 Å². The highest BCUT2D eigenvalue weighted by molar-refractivity contribution is 7.98. The molecule has 2 N–H and O–H groups in total. The third-order valence-corrected chi connectivity index (χ3v) is 4.17. The molecule has 4 heteroatoms. The topological polar surface area (TPSA) is 44.5 Å². The van der Waals surface area contributed by atoms with E-state index in [1.54, 1.807) is 26.0 Å². The van der Waals surface area contributed by atoms with Crippen molar-refractivity contribution in [3.8, 4) is 11.5 Å². The van der Waals surface area contributed by atoms with Crippen molar-refractivity contribution in [2.75, 3.05) is 20.0 Å². The Balaban J connectivity index is 2.15. The summed E-state index contributed by atoms with van der Waals surface area (Å²) in [6.45, 7) is 2.02. The van der Waals surface area contributed by atoms with Gasteiger partial charge in [-0.25, -0.2) is 0 Å². The lowest BCUT2D eigenvalue weighted by Crippen LogP contribution is -1.93. The predicted octanol–water partition coefficient (Wildman–Crippen LogP) is 3.89. The smallest absolute Gasteiger partial charge is 0.123 e. The first-order valence-electron chi connectivity index (χ1n) is 6.34. The molecule has 0 amide bonds. The van der Waals surface area contributed by atoms with E-state index in [4.69, 9.17) is 15.2 Å². The number of thioether (sulfide) groups is 1. The maximum atomic E-state index is 5.83. The van der Waals surface area contributed by atoms with Crippen LogP contribution in [0.3, 0.4) is 0 Å². The lowest BCUT2D eigenvalue weighted by Gasteiger charge is -2.11. The minimum Gasteiger partial charge on any atom is -0.497 e. The van der Waals surface area contributed by atoms with Crippen molar-refractivity contribution < 1.29 is 9.47 Å². The van der Waals surface area contributed by atoms with Crippen molar-refractivity contribution in [1.29, 1.82) is 0 Å². The SMILES string of the molecule is COc1ccc(OC)c(CSc2ccc(N)c(C)c2)c1. The molecule has 106 valence electrons. The van der Waals surface area contributed by atoms with Gasteiger partial charge in [0, 0.05) is 21.9 Å². The number of aryl methyl sites for hydroxylation is 1. The molecule has 2 rings (SSSR count). The molecule has 0 saturated carbocycles. The summed E-state index contributed by atoms with van der Waals surface area (Å²) in [6, 6.07) is 11.9. The number of ether oxygens (including phenoxy) is 2. The van der Waals surface area contributed by atoms with Crippen LogP contribution in [-0.2, 0) is 5.75 Å². The van der Waals surface area contributed by atoms with E-state index in [1.165, 1.54) is 4.90 Å². The molecule has 0 saturated heterocycles. The number of hydrogen-bond donors (Lipinski definition) is 1. The molecular weight excluding hydrogens is 270 g/mol. The van der Waals surface area contributed by atoms with Gasteiger partial charge in [-0.3, -0.25) is 0 Å². The zero-order valence-corrected chi connectivity index (χ0v) is 12.8. The van der Waals surface area contributed by atoms with Crippen LogP contribution in [0.25, 0.3) is 0 Å². The third kappa shape index (κ3) is 3.39. The van der Waals surface area contributed by atoms with Crippen LogP contribution in [0.15, 0.2) is 41.3 Å². The van der Waals surface area contributed by atoms with Crippen molar-refractivity contribution in [3.63, 3.8) is 0 Å². The minimum atomic E-state index is 0.823. The van der Waals surface area contributed by atoms with Crippen molar-refractivity contribution in [2.24, 2.45) is 0 Å². The predicted molar refractivity (Wildman–Crippen MR) is 84.7 cm³/mol. The Bertz CT molecular complexity index is 599. The molecule has 2 aromatic rings. The summed E-state index contributed by atoms with van der Waals surface area (Å²) in [6.07, 6.45) is 0. The largest absolute Gasteiger partial charge is 0.497 e. The van der Waals surface area contributed by atoms with E-state index in [0.717, 1.165) is 34.1 Å². The van der Waals surface area contributed by atoms with E-state index in [0.29, 0.717) is 0 Å². The fourth-order valence-electron chi connectivity index (χ4n) is 1.89. The summed E-state index contributed by atoms with van der Waals surface area (Å²) >= 11 is 1.75. The Hall–Kier alpha value is -1.81. The molecule has 3 nitrogen and oxygen atoms in total. The molecule has 0 bridgehead atoms. The van der Waals surface area contributed by atoms with Gasteiger partial charge in [-0.1, -0.05) is 0 Å². The number of rotatable bonds is 5. The zero-order valence-electron chi connectivity index (χ0n) is 12.0. The summed E-state index contributed by atoms with van der Waals surface area (Å²) in [4.78, 5) is 1.20. The molecule has 0 atom stereocenters. The molecule has 0 aliphatic rings. The number of nitrogens with two attached hydrogens (primary N) is 1. The first-order valence-corrected chi connectivity index (χ1v) is 7.32. The summed E-state index contributed by atoms with van der Waals surface area (Å²) in [5, 5.41) is 0. The third-order valence-electron chi connectivity index (χ3n) is 3.12. The van der Waals surface area contributed by atoms with Crippen molar-refractivity contribution in [1.82, 2.24) is 0 Å². The van der Waals surface area contributed by atoms with Crippen molar-refractivity contribution in [2.45, 2.75) is 17.6 Å². The van der Waals surface area contributed by atoms with Gasteiger partial charge in [0.15, 0.2) is 0 Å². The highest BCUT2D eigenvalue weighted by atomic mass is 32.2. The van der Waals surface area contributed by atoms with Crippen LogP contribution in [0.4, 0.5) is 5.69 Å². The van der Waals surface area contributed by atoms with Gasteiger partial charge < -0.3 is 15.2 Å². The molecule has 0 aromatic heterocycles. The molecule has 0 unspecified atom stereocenters. The Labute approximate surface area is 124 Å². The molecule has 0 aliphatic heterocycles. The normalized spacial score (nSPS) is 10.3. The quantitative estimate of drug-likeness (QED) is 0.670. The molecule has 0 heterocycles. The lowest BCUT2D eigenvalue weighted by molar-refractivity contribution is 0.400. The van der Waals surface area contributed by atoms with E-state index >= 15 is 0 Å². The second kappa shape index (κ2) is 6.57. The van der Waals surface area contributed by atoms with Crippen molar-refractivity contribution in [3.05, 3.63) is 47.5 Å². The number of benzene rings is 2. The van der Waals surface area contributed by atoms with Gasteiger partial charge in [0.05, 0.1) is 14.2 Å². The highest BCUT2D eigenvalue weighted by Gasteiger charge is 2.06. The number of nitrogen functional groups attached to an aromatic ring is 1. The molecule has 0 fully saturated rings. The van der Waals surface area contributed by atoms with Crippen LogP contribution in [0, 0.1) is 6.92 Å². The highest BCUT2D eigenvalue weighted by Crippen LogP contribution is 2.31. The maximum Gasteiger partial charge on any atom is 0.123 e. The molecular formula is C16H19NO2S. The Morgan fingerprint density at radius 1 is 1.05 bits per heavy atom. The zero-order chi connectivity index (χ0) is 14.5. The second-order valence-electron chi connectivity index (χ2n) is 4.48. The second-order valence-corrected chi connectivity index (χ2v) is 5.53. The molecule has 0 aliphatic carbocycles. The van der Waals surface area contributed by atoms with Gasteiger partial charge in [0.1, 0.15) is 11.5 Å². The molecule has 0 radical (unpaired) electrons. The van der Waals surface area contributed by atoms with Crippen LogP contribution in [-0.4, -0.2) is 14.2 Å². The van der Waals surface area contributed by atoms with Crippen LogP contribution in [0.1, 0.15) is 11.1 Å². The van der Waals surface area contributed by atoms with E-state index in [-0.39, 0.29) is 0 Å². The van der Waals surface area contributed by atoms with Crippen LogP contribution >= 0.6 is 11.8 Å². The summed E-state index contributed by atoms with van der Waals surface area (Å²) in [7, 11) is 3.35. The monoisotopic (exact) mass is 289 g/mol. The van der Waals surface area contributed by atoms with Crippen LogP contribution in [0.2, 0.25) is 0 Å². The first kappa shape index (κ1) is 14.6. The standard InChI is InChI=1S/C16H19NO2S/c1-11-8-14(5-6-15(11)17)20-10-12-9-13(18-2)4-7-16(12)19-3/h4-9H,10,17H2,1-3H3. The number of anilines is 1. The minimum absolute atomic E-state index is 0.823. The lowest BCUT2D eigenvalue weighted by atomic mass is 10.2. The fraction of sp³-hybridized carbons (Fsp3) is 0.250. The van der Waals surface area contributed by atoms with Gasteiger partial charge in [0.2, 0.25) is 0 Å². The summed E-state index contributed by atoms with van der Waals surface area (Å²) in [5.41, 5.74) is 8.88. The van der Waals surface area contributed by atoms with Gasteiger partial charge >= 0.3 is 0 Å². The summed E-state index contributed by atoms with van der Waals surface area (Å²) < 4.78 is 10.6. The van der Waals surface area contributed by atoms with Gasteiger partial charge in [-0.05, 0) is 48.9 Å². The van der Waals surface area contributed by atoms with E-state index in [9.17, 15) is 0 Å². The molecule has 20 heavy (non-hydrogen) atoms. The fourth-order valence-corrected chi connectivity index (χ4v) is 2.87. The van der Waals surface area contributed by atoms with E-state index < -0.39 is 0 Å². The first-order chi connectivity index (χ1) is 9.63. The maximum absolute atomic E-state index is 5.83. The van der Waals surface area contributed by atoms with Gasteiger partial charge in [-0.2, -0.15) is 0 Å². The van der Waals surface area contributed by atoms with Crippen LogP contribution in [0.5, 0.6) is 11.5 Å². The van der Waals surface area contributed by atoms with E-state index in [2.05, 4.69) is 6.07 Å². The van der Waals surface area contributed by atoms with Crippen LogP contribution < -0.4 is 15.2 Å². The van der Waals surface area contributed by atoms with Crippen molar-refractivity contribution >= 4 is 17.4 Å².